The van der Waals surface area contributed by atoms with Gasteiger partial charge in [0.2, 0.25) is 10.0 Å². The monoisotopic (exact) mass is 386 g/mol. The molecule has 128 valence electrons. The molecule has 2 aromatic carbocycles. The van der Waals surface area contributed by atoms with E-state index < -0.39 is 20.0 Å². The molecule has 2 aromatic rings. The first-order chi connectivity index (χ1) is 11.3. The van der Waals surface area contributed by atoms with Crippen LogP contribution in [0, 0.1) is 0 Å². The number of nitrogens with one attached hydrogen (secondary N) is 1. The fourth-order valence-corrected chi connectivity index (χ4v) is 5.43. The average Bonchev–Trinajstić information content (AvgIpc) is 2.99. The van der Waals surface area contributed by atoms with Crippen LogP contribution in [0.4, 0.5) is 5.69 Å². The van der Waals surface area contributed by atoms with Crippen LogP contribution in [0.2, 0.25) is 5.02 Å². The topological polar surface area (TPSA) is 83.6 Å². The van der Waals surface area contributed by atoms with Crippen molar-refractivity contribution in [1.29, 1.82) is 0 Å². The summed E-state index contributed by atoms with van der Waals surface area (Å²) in [5, 5.41) is 0.153. The Bertz CT molecular complexity index is 1000. The first-order valence-corrected chi connectivity index (χ1v) is 10.4. The normalized spacial score (nSPS) is 14.7. The van der Waals surface area contributed by atoms with Crippen LogP contribution in [-0.4, -0.2) is 30.4 Å². The summed E-state index contributed by atoms with van der Waals surface area (Å²) in [6.07, 6.45) is 0.437. The summed E-state index contributed by atoms with van der Waals surface area (Å²) in [5.41, 5.74) is 1.15. The molecule has 0 amide bonds. The van der Waals surface area contributed by atoms with Crippen LogP contribution < -0.4 is 9.03 Å². The number of sulfonamides is 2. The van der Waals surface area contributed by atoms with Gasteiger partial charge in [0.1, 0.15) is 4.90 Å². The minimum absolute atomic E-state index is 0.0337. The van der Waals surface area contributed by atoms with Crippen molar-refractivity contribution in [3.05, 3.63) is 53.1 Å². The van der Waals surface area contributed by atoms with Gasteiger partial charge < -0.3 is 0 Å². The Labute approximate surface area is 146 Å². The Morgan fingerprint density at radius 2 is 1.79 bits per heavy atom. The molecule has 0 aliphatic carbocycles. The molecule has 1 aliphatic heterocycles. The summed E-state index contributed by atoms with van der Waals surface area (Å²) in [7, 11) is -6.04. The van der Waals surface area contributed by atoms with E-state index in [1.165, 1.54) is 41.7 Å². The van der Waals surface area contributed by atoms with Gasteiger partial charge in [0.05, 0.1) is 15.6 Å². The van der Waals surface area contributed by atoms with Crippen molar-refractivity contribution in [3.8, 4) is 0 Å². The van der Waals surface area contributed by atoms with E-state index in [2.05, 4.69) is 4.72 Å². The lowest BCUT2D eigenvalue weighted by Crippen LogP contribution is -2.29. The molecule has 1 aliphatic rings. The van der Waals surface area contributed by atoms with Crippen LogP contribution in [0.25, 0.3) is 0 Å². The molecule has 0 radical (unpaired) electrons. The molecule has 0 fully saturated rings. The standard InChI is InChI=1S/C15H15ClN2O4S2/c1-17-23(19,20)12-6-7-14-11(10-12)8-9-18(14)24(21,22)15-5-3-2-4-13(15)16/h2-7,10,17H,8-9H2,1H3. The molecule has 6 nitrogen and oxygen atoms in total. The van der Waals surface area contributed by atoms with Gasteiger partial charge in [-0.1, -0.05) is 23.7 Å². The highest BCUT2D eigenvalue weighted by atomic mass is 35.5. The lowest BCUT2D eigenvalue weighted by Gasteiger charge is -2.20. The quantitative estimate of drug-likeness (QED) is 0.871. The SMILES string of the molecule is CNS(=O)(=O)c1ccc2c(c1)CCN2S(=O)(=O)c1ccccc1Cl. The predicted molar refractivity (Wildman–Crippen MR) is 92.4 cm³/mol. The Balaban J connectivity index is 2.06. The highest BCUT2D eigenvalue weighted by Gasteiger charge is 2.32. The van der Waals surface area contributed by atoms with Gasteiger partial charge in [-0.25, -0.2) is 21.6 Å². The Hall–Kier alpha value is -1.61. The van der Waals surface area contributed by atoms with Gasteiger partial charge in [0.15, 0.2) is 0 Å². The number of hydrogen-bond acceptors (Lipinski definition) is 4. The lowest BCUT2D eigenvalue weighted by atomic mass is 10.2. The zero-order chi connectivity index (χ0) is 17.5. The lowest BCUT2D eigenvalue weighted by molar-refractivity contribution is 0.587. The molecule has 0 unspecified atom stereocenters. The Morgan fingerprint density at radius 3 is 2.46 bits per heavy atom. The molecule has 9 heteroatoms. The smallest absolute Gasteiger partial charge is 0.265 e. The van der Waals surface area contributed by atoms with Crippen LogP contribution in [0.3, 0.4) is 0 Å². The van der Waals surface area contributed by atoms with E-state index in [1.54, 1.807) is 12.1 Å². The van der Waals surface area contributed by atoms with Crippen molar-refractivity contribution in [2.45, 2.75) is 16.2 Å². The maximum Gasteiger partial charge on any atom is 0.265 e. The molecule has 0 atom stereocenters. The summed E-state index contributed by atoms with van der Waals surface area (Å²) in [4.78, 5) is 0.146. The molecule has 24 heavy (non-hydrogen) atoms. The third-order valence-corrected chi connectivity index (χ3v) is 7.61. The van der Waals surface area contributed by atoms with Crippen molar-refractivity contribution < 1.29 is 16.8 Å². The van der Waals surface area contributed by atoms with Crippen LogP contribution >= 0.6 is 11.6 Å². The van der Waals surface area contributed by atoms with Crippen molar-refractivity contribution in [2.24, 2.45) is 0 Å². The second kappa shape index (κ2) is 6.03. The van der Waals surface area contributed by atoms with E-state index in [9.17, 15) is 16.8 Å². The molecular formula is C15H15ClN2O4S2. The molecule has 1 N–H and O–H groups in total. The molecule has 0 saturated carbocycles. The summed E-state index contributed by atoms with van der Waals surface area (Å²) in [6, 6.07) is 10.7. The number of rotatable bonds is 4. The Morgan fingerprint density at radius 1 is 1.08 bits per heavy atom. The van der Waals surface area contributed by atoms with Crippen molar-refractivity contribution in [1.82, 2.24) is 4.72 Å². The average molecular weight is 387 g/mol. The van der Waals surface area contributed by atoms with Gasteiger partial charge in [0.25, 0.3) is 10.0 Å². The number of anilines is 1. The predicted octanol–water partition coefficient (Wildman–Crippen LogP) is 2.00. The first kappa shape index (κ1) is 17.2. The zero-order valence-electron chi connectivity index (χ0n) is 12.7. The maximum absolute atomic E-state index is 12.9. The highest BCUT2D eigenvalue weighted by molar-refractivity contribution is 7.93. The molecule has 3 rings (SSSR count). The van der Waals surface area contributed by atoms with E-state index >= 15 is 0 Å². The van der Waals surface area contributed by atoms with Gasteiger partial charge in [-0.2, -0.15) is 0 Å². The summed E-state index contributed by atoms with van der Waals surface area (Å²) in [6.45, 7) is 0.242. The van der Waals surface area contributed by atoms with Gasteiger partial charge >= 0.3 is 0 Å². The second-order valence-electron chi connectivity index (χ2n) is 5.26. The second-order valence-corrected chi connectivity index (χ2v) is 9.38. The number of nitrogens with zero attached hydrogens (tertiary/aromatic N) is 1. The van der Waals surface area contributed by atoms with E-state index in [4.69, 9.17) is 11.6 Å². The van der Waals surface area contributed by atoms with E-state index in [-0.39, 0.29) is 21.4 Å². The number of hydrogen-bond donors (Lipinski definition) is 1. The first-order valence-electron chi connectivity index (χ1n) is 7.11. The summed E-state index contributed by atoms with van der Waals surface area (Å²) < 4.78 is 53.0. The highest BCUT2D eigenvalue weighted by Crippen LogP contribution is 2.35. The fourth-order valence-electron chi connectivity index (χ4n) is 2.66. The van der Waals surface area contributed by atoms with Crippen LogP contribution in [0.5, 0.6) is 0 Å². The number of fused-ring (bicyclic) bond motifs is 1. The Kier molecular flexibility index (Phi) is 4.33. The van der Waals surface area contributed by atoms with E-state index in [0.717, 1.165) is 0 Å². The molecule has 0 bridgehead atoms. The fraction of sp³-hybridized carbons (Fsp3) is 0.200. The van der Waals surface area contributed by atoms with Crippen molar-refractivity contribution >= 4 is 37.3 Å². The van der Waals surface area contributed by atoms with Crippen LogP contribution in [-0.2, 0) is 26.5 Å². The largest absolute Gasteiger partial charge is 0.266 e. The van der Waals surface area contributed by atoms with Gasteiger partial charge in [-0.3, -0.25) is 4.31 Å². The van der Waals surface area contributed by atoms with E-state index in [1.807, 2.05) is 0 Å². The minimum atomic E-state index is -3.80. The van der Waals surface area contributed by atoms with Crippen molar-refractivity contribution in [2.75, 3.05) is 17.9 Å². The number of benzene rings is 2. The molecule has 0 aromatic heterocycles. The third-order valence-electron chi connectivity index (χ3n) is 3.89. The minimum Gasteiger partial charge on any atom is -0.266 e. The molecule has 1 heterocycles. The molecule has 0 spiro atoms. The van der Waals surface area contributed by atoms with Crippen molar-refractivity contribution in [3.63, 3.8) is 0 Å². The molecule has 0 saturated heterocycles. The van der Waals surface area contributed by atoms with Gasteiger partial charge in [0, 0.05) is 6.54 Å². The summed E-state index contributed by atoms with van der Waals surface area (Å²) >= 11 is 6.02. The zero-order valence-corrected chi connectivity index (χ0v) is 15.1. The van der Waals surface area contributed by atoms with Crippen LogP contribution in [0.1, 0.15) is 5.56 Å². The maximum atomic E-state index is 12.9. The van der Waals surface area contributed by atoms with Gasteiger partial charge in [-0.15, -0.1) is 0 Å². The third kappa shape index (κ3) is 2.79. The molecular weight excluding hydrogens is 372 g/mol. The van der Waals surface area contributed by atoms with E-state index in [0.29, 0.717) is 17.7 Å². The number of halogens is 1. The van der Waals surface area contributed by atoms with Crippen LogP contribution in [0.15, 0.2) is 52.3 Å². The summed E-state index contributed by atoms with van der Waals surface area (Å²) in [5.74, 6) is 0. The van der Waals surface area contributed by atoms with Gasteiger partial charge in [-0.05, 0) is 49.4 Å².